The molecule has 1 aromatic carbocycles. The fraction of sp³-hybridized carbons (Fsp3) is 0.0588. The van der Waals surface area contributed by atoms with Crippen molar-refractivity contribution in [2.75, 3.05) is 0 Å². The highest BCUT2D eigenvalue weighted by Gasteiger charge is 2.14. The molecule has 7 nitrogen and oxygen atoms in total. The third-order valence-corrected chi connectivity index (χ3v) is 4.41. The molecule has 2 N–H and O–H groups in total. The van der Waals surface area contributed by atoms with Crippen LogP contribution in [0.1, 0.15) is 16.2 Å². The highest BCUT2D eigenvalue weighted by molar-refractivity contribution is 7.13. The van der Waals surface area contributed by atoms with Crippen LogP contribution in [0.3, 0.4) is 0 Å². The minimum Gasteiger partial charge on any atom is -0.439 e. The van der Waals surface area contributed by atoms with Crippen molar-refractivity contribution in [1.82, 2.24) is 20.3 Å². The van der Waals surface area contributed by atoms with Gasteiger partial charge < -0.3 is 14.7 Å². The Kier molecular flexibility index (Phi) is 3.87. The van der Waals surface area contributed by atoms with E-state index >= 15 is 0 Å². The molecule has 0 radical (unpaired) electrons. The van der Waals surface area contributed by atoms with Crippen molar-refractivity contribution in [3.63, 3.8) is 0 Å². The predicted molar refractivity (Wildman–Crippen MR) is 93.3 cm³/mol. The fourth-order valence-corrected chi connectivity index (χ4v) is 3.02. The Bertz CT molecular complexity index is 1070. The SMILES string of the molecule is O=C(NCc1nc2ccccc2o1)c1cnc(-c2cccs2)[nH]c1=O. The highest BCUT2D eigenvalue weighted by Crippen LogP contribution is 2.19. The van der Waals surface area contributed by atoms with Crippen molar-refractivity contribution in [2.45, 2.75) is 6.54 Å². The van der Waals surface area contributed by atoms with Crippen LogP contribution in [0.4, 0.5) is 0 Å². The monoisotopic (exact) mass is 352 g/mol. The van der Waals surface area contributed by atoms with Crippen molar-refractivity contribution in [3.8, 4) is 10.7 Å². The lowest BCUT2D eigenvalue weighted by Gasteiger charge is -2.03. The summed E-state index contributed by atoms with van der Waals surface area (Å²) in [4.78, 5) is 36.2. The Morgan fingerprint density at radius 2 is 2.12 bits per heavy atom. The minimum atomic E-state index is -0.534. The first-order valence-electron chi connectivity index (χ1n) is 7.46. The van der Waals surface area contributed by atoms with E-state index in [2.05, 4.69) is 20.3 Å². The Morgan fingerprint density at radius 1 is 1.24 bits per heavy atom. The topological polar surface area (TPSA) is 101 Å². The summed E-state index contributed by atoms with van der Waals surface area (Å²) in [6, 6.07) is 11.0. The third-order valence-electron chi connectivity index (χ3n) is 3.54. The van der Waals surface area contributed by atoms with Gasteiger partial charge >= 0.3 is 0 Å². The summed E-state index contributed by atoms with van der Waals surface area (Å²) in [5, 5.41) is 4.50. The van der Waals surface area contributed by atoms with Crippen molar-refractivity contribution in [1.29, 1.82) is 0 Å². The van der Waals surface area contributed by atoms with Crippen LogP contribution >= 0.6 is 11.3 Å². The Labute approximate surface area is 145 Å². The first-order valence-corrected chi connectivity index (χ1v) is 8.34. The number of carbonyl (C=O) groups is 1. The molecule has 0 bridgehead atoms. The molecular weight excluding hydrogens is 340 g/mol. The van der Waals surface area contributed by atoms with Crippen LogP contribution in [0, 0.1) is 0 Å². The van der Waals surface area contributed by atoms with Crippen molar-refractivity contribution < 1.29 is 9.21 Å². The van der Waals surface area contributed by atoms with Crippen LogP contribution in [0.5, 0.6) is 0 Å². The molecule has 0 saturated heterocycles. The summed E-state index contributed by atoms with van der Waals surface area (Å²) in [6.45, 7) is 0.0830. The van der Waals surface area contributed by atoms with Crippen LogP contribution in [-0.2, 0) is 6.54 Å². The van der Waals surface area contributed by atoms with Gasteiger partial charge in [0.05, 0.1) is 11.4 Å². The van der Waals surface area contributed by atoms with Crippen molar-refractivity contribution in [3.05, 3.63) is 69.8 Å². The van der Waals surface area contributed by atoms with E-state index in [1.807, 2.05) is 35.7 Å². The zero-order valence-electron chi connectivity index (χ0n) is 12.9. The van der Waals surface area contributed by atoms with Crippen molar-refractivity contribution >= 4 is 28.3 Å². The third kappa shape index (κ3) is 3.07. The maximum Gasteiger partial charge on any atom is 0.264 e. The Balaban J connectivity index is 1.50. The molecule has 3 heterocycles. The lowest BCUT2D eigenvalue weighted by molar-refractivity contribution is 0.0945. The number of oxazole rings is 1. The number of hydrogen-bond donors (Lipinski definition) is 2. The van der Waals surface area contributed by atoms with Gasteiger partial charge in [-0.25, -0.2) is 9.97 Å². The van der Waals surface area contributed by atoms with E-state index in [0.29, 0.717) is 22.8 Å². The van der Waals surface area contributed by atoms with E-state index in [9.17, 15) is 9.59 Å². The minimum absolute atomic E-state index is 0.0589. The van der Waals surface area contributed by atoms with Gasteiger partial charge in [0.25, 0.3) is 11.5 Å². The van der Waals surface area contributed by atoms with Crippen molar-refractivity contribution in [2.24, 2.45) is 0 Å². The molecule has 0 saturated carbocycles. The highest BCUT2D eigenvalue weighted by atomic mass is 32.1. The average Bonchev–Trinajstić information content (AvgIpc) is 3.28. The molecule has 3 aromatic heterocycles. The summed E-state index contributed by atoms with van der Waals surface area (Å²) in [5.74, 6) is 0.276. The molecule has 0 aliphatic rings. The quantitative estimate of drug-likeness (QED) is 0.588. The van der Waals surface area contributed by atoms with E-state index in [0.717, 1.165) is 4.88 Å². The number of rotatable bonds is 4. The number of aromatic amines is 1. The molecule has 0 atom stereocenters. The van der Waals surface area contributed by atoms with Gasteiger partial charge in [-0.1, -0.05) is 18.2 Å². The molecule has 0 aliphatic carbocycles. The predicted octanol–water partition coefficient (Wildman–Crippen LogP) is 2.57. The number of H-pyrrole nitrogens is 1. The van der Waals surface area contributed by atoms with Gasteiger partial charge in [-0.3, -0.25) is 9.59 Å². The zero-order valence-corrected chi connectivity index (χ0v) is 13.7. The van der Waals surface area contributed by atoms with E-state index < -0.39 is 11.5 Å². The lowest BCUT2D eigenvalue weighted by atomic mass is 10.3. The molecule has 4 rings (SSSR count). The van der Waals surface area contributed by atoms with E-state index in [1.165, 1.54) is 17.5 Å². The molecule has 1 amide bonds. The van der Waals surface area contributed by atoms with E-state index in [-0.39, 0.29) is 12.1 Å². The number of para-hydroxylation sites is 2. The normalized spacial score (nSPS) is 10.9. The molecule has 0 fully saturated rings. The molecule has 4 aromatic rings. The first kappa shape index (κ1) is 15.3. The van der Waals surface area contributed by atoms with Gasteiger partial charge in [0.2, 0.25) is 5.89 Å². The largest absolute Gasteiger partial charge is 0.439 e. The van der Waals surface area contributed by atoms with Crippen LogP contribution in [0.15, 0.2) is 57.2 Å². The van der Waals surface area contributed by atoms with Crippen LogP contribution in [-0.4, -0.2) is 20.9 Å². The number of nitrogens with zero attached hydrogens (tertiary/aromatic N) is 2. The van der Waals surface area contributed by atoms with E-state index in [4.69, 9.17) is 4.42 Å². The maximum atomic E-state index is 12.2. The second-order valence-electron chi connectivity index (χ2n) is 5.21. The summed E-state index contributed by atoms with van der Waals surface area (Å²) in [6.07, 6.45) is 1.27. The second kappa shape index (κ2) is 6.33. The van der Waals surface area contributed by atoms with Gasteiger partial charge in [0.15, 0.2) is 5.58 Å². The van der Waals surface area contributed by atoms with Gasteiger partial charge in [0, 0.05) is 6.20 Å². The molecule has 8 heteroatoms. The number of nitrogens with one attached hydrogen (secondary N) is 2. The smallest absolute Gasteiger partial charge is 0.264 e. The fourth-order valence-electron chi connectivity index (χ4n) is 2.34. The number of amides is 1. The molecule has 0 aliphatic heterocycles. The molecule has 0 spiro atoms. The number of benzene rings is 1. The number of fused-ring (bicyclic) bond motifs is 1. The maximum absolute atomic E-state index is 12.2. The van der Waals surface area contributed by atoms with Crippen LogP contribution in [0.2, 0.25) is 0 Å². The number of carbonyl (C=O) groups excluding carboxylic acids is 1. The second-order valence-corrected chi connectivity index (χ2v) is 6.16. The average molecular weight is 352 g/mol. The molecule has 25 heavy (non-hydrogen) atoms. The van der Waals surface area contributed by atoms with Crippen LogP contribution in [0.25, 0.3) is 21.8 Å². The summed E-state index contributed by atoms with van der Waals surface area (Å²) >= 11 is 1.45. The van der Waals surface area contributed by atoms with Gasteiger partial charge in [-0.05, 0) is 23.6 Å². The summed E-state index contributed by atoms with van der Waals surface area (Å²) < 4.78 is 5.53. The Morgan fingerprint density at radius 3 is 2.88 bits per heavy atom. The standard InChI is InChI=1S/C17H12N4O3S/c22-16(19-9-14-20-11-4-1-2-5-12(11)24-14)10-8-18-15(21-17(10)23)13-6-3-7-25-13/h1-8H,9H2,(H,19,22)(H,18,21,23). The first-order chi connectivity index (χ1) is 12.2. The number of hydrogen-bond acceptors (Lipinski definition) is 6. The Hall–Kier alpha value is -3.26. The molecule has 0 unspecified atom stereocenters. The van der Waals surface area contributed by atoms with E-state index in [1.54, 1.807) is 6.07 Å². The number of thiophene rings is 1. The van der Waals surface area contributed by atoms with Gasteiger partial charge in [0.1, 0.15) is 16.9 Å². The lowest BCUT2D eigenvalue weighted by Crippen LogP contribution is -2.29. The number of aromatic nitrogens is 3. The van der Waals surface area contributed by atoms with Gasteiger partial charge in [-0.15, -0.1) is 11.3 Å². The van der Waals surface area contributed by atoms with Gasteiger partial charge in [-0.2, -0.15) is 0 Å². The van der Waals surface area contributed by atoms with Crippen LogP contribution < -0.4 is 10.9 Å². The molecule has 124 valence electrons. The zero-order chi connectivity index (χ0) is 17.2. The summed E-state index contributed by atoms with van der Waals surface area (Å²) in [5.41, 5.74) is 0.808. The summed E-state index contributed by atoms with van der Waals surface area (Å²) in [7, 11) is 0. The molecular formula is C17H12N4O3S.